The van der Waals surface area contributed by atoms with Crippen LogP contribution in [0.4, 0.5) is 8.78 Å². The van der Waals surface area contributed by atoms with E-state index in [9.17, 15) is 22.0 Å². The first kappa shape index (κ1) is 20.1. The quantitative estimate of drug-likeness (QED) is 0.785. The number of carbonyl (C=O) groups is 1. The van der Waals surface area contributed by atoms with E-state index < -0.39 is 26.4 Å². The van der Waals surface area contributed by atoms with Gasteiger partial charge in [-0.1, -0.05) is 12.1 Å². The van der Waals surface area contributed by atoms with Crippen LogP contribution in [0.15, 0.2) is 47.8 Å². The van der Waals surface area contributed by atoms with Crippen LogP contribution in [0.3, 0.4) is 0 Å². The number of benzene rings is 1. The number of nitrogens with one attached hydrogen (secondary N) is 1. The number of hydrogen-bond acceptors (Lipinski definition) is 6. The maximum Gasteiger partial charge on any atom is 0.341 e. The molecule has 150 valence electrons. The summed E-state index contributed by atoms with van der Waals surface area (Å²) in [4.78, 5) is 19.8. The van der Waals surface area contributed by atoms with Gasteiger partial charge in [-0.15, -0.1) is 0 Å². The van der Waals surface area contributed by atoms with E-state index in [1.54, 1.807) is 6.20 Å². The molecule has 1 aromatic heterocycles. The van der Waals surface area contributed by atoms with Crippen LogP contribution >= 0.6 is 0 Å². The molecule has 0 bridgehead atoms. The van der Waals surface area contributed by atoms with Crippen LogP contribution in [0.1, 0.15) is 36.0 Å². The first-order valence-electron chi connectivity index (χ1n) is 8.72. The van der Waals surface area contributed by atoms with Crippen LogP contribution in [0.2, 0.25) is 0 Å². The Morgan fingerprint density at radius 1 is 1.14 bits per heavy atom. The molecule has 3 rings (SSSR count). The molecule has 1 saturated carbocycles. The number of rotatable bonds is 6. The Hall–Kier alpha value is -2.62. The van der Waals surface area contributed by atoms with E-state index in [-0.39, 0.29) is 17.7 Å². The lowest BCUT2D eigenvalue weighted by atomic mass is 9.92. The highest BCUT2D eigenvalue weighted by molar-refractivity contribution is 7.91. The highest BCUT2D eigenvalue weighted by Gasteiger charge is 2.32. The Kier molecular flexibility index (Phi) is 6.18. The maximum atomic E-state index is 12.9. The summed E-state index contributed by atoms with van der Waals surface area (Å²) in [6.45, 7) is 0. The Balaban J connectivity index is 1.61. The molecule has 2 aromatic rings. The summed E-state index contributed by atoms with van der Waals surface area (Å²) >= 11 is 0. The molecule has 0 radical (unpaired) electrons. The van der Waals surface area contributed by atoms with Crippen molar-refractivity contribution in [3.63, 3.8) is 0 Å². The fourth-order valence-corrected chi connectivity index (χ4v) is 4.03. The van der Waals surface area contributed by atoms with Gasteiger partial charge in [-0.05, 0) is 37.8 Å². The number of carbonyl (C=O) groups excluding carboxylic acids is 1. The highest BCUT2D eigenvalue weighted by atomic mass is 32.2. The van der Waals surface area contributed by atoms with Crippen molar-refractivity contribution < 1.29 is 26.7 Å². The third-order valence-electron chi connectivity index (χ3n) is 4.51. The Morgan fingerprint density at radius 3 is 2.50 bits per heavy atom. The van der Waals surface area contributed by atoms with Gasteiger partial charge in [0.05, 0.1) is 16.7 Å². The number of aromatic nitrogens is 2. The predicted octanol–water partition coefficient (Wildman–Crippen LogP) is 2.59. The van der Waals surface area contributed by atoms with Crippen LogP contribution in [0.5, 0.6) is 5.88 Å². The lowest BCUT2D eigenvalue weighted by Crippen LogP contribution is -2.40. The van der Waals surface area contributed by atoms with Crippen molar-refractivity contribution in [2.24, 2.45) is 0 Å². The lowest BCUT2D eigenvalue weighted by molar-refractivity contribution is 0.0886. The molecule has 1 aliphatic carbocycles. The van der Waals surface area contributed by atoms with Gasteiger partial charge in [0.25, 0.3) is 5.91 Å². The summed E-state index contributed by atoms with van der Waals surface area (Å²) in [6.07, 6.45) is 7.10. The molecule has 1 N–H and O–H groups in total. The zero-order chi connectivity index (χ0) is 20.1. The third kappa shape index (κ3) is 4.61. The monoisotopic (exact) mass is 411 g/mol. The van der Waals surface area contributed by atoms with Crippen LogP contribution < -0.4 is 10.1 Å². The molecule has 1 fully saturated rings. The average molecular weight is 411 g/mol. The van der Waals surface area contributed by atoms with Crippen LogP contribution in [-0.2, 0) is 9.84 Å². The summed E-state index contributed by atoms with van der Waals surface area (Å²) < 4.78 is 55.1. The van der Waals surface area contributed by atoms with Gasteiger partial charge in [0.15, 0.2) is 0 Å². The molecular weight excluding hydrogens is 392 g/mol. The molecule has 0 unspecified atom stereocenters. The molecule has 0 aliphatic heterocycles. The Morgan fingerprint density at radius 2 is 1.86 bits per heavy atom. The molecule has 1 aromatic carbocycles. The molecule has 0 atom stereocenters. The standard InChI is InChI=1S/C18H19F2N3O4S/c19-18(20)28(25,26)15-4-2-1-3-14(15)17(24)23-12-5-7-13(8-6-12)27-16-11-21-9-10-22-16/h1-4,9-13,18H,5-8H2,(H,23,24). The van der Waals surface area contributed by atoms with Crippen LogP contribution in [0, 0.1) is 0 Å². The molecule has 1 aliphatic rings. The molecule has 28 heavy (non-hydrogen) atoms. The minimum atomic E-state index is -4.86. The van der Waals surface area contributed by atoms with Crippen molar-refractivity contribution in [3.05, 3.63) is 48.4 Å². The van der Waals surface area contributed by atoms with Crippen LogP contribution in [0.25, 0.3) is 0 Å². The van der Waals surface area contributed by atoms with Crippen molar-refractivity contribution >= 4 is 15.7 Å². The summed E-state index contributed by atoms with van der Waals surface area (Å²) in [5, 5.41) is 2.74. The Bertz CT molecular complexity index is 917. The summed E-state index contributed by atoms with van der Waals surface area (Å²) in [5.41, 5.74) is -0.277. The molecule has 0 spiro atoms. The van der Waals surface area contributed by atoms with Crippen molar-refractivity contribution in [2.45, 2.75) is 48.5 Å². The molecule has 1 heterocycles. The maximum absolute atomic E-state index is 12.9. The highest BCUT2D eigenvalue weighted by Crippen LogP contribution is 2.25. The molecule has 0 saturated heterocycles. The Labute approximate surface area is 161 Å². The van der Waals surface area contributed by atoms with E-state index in [4.69, 9.17) is 4.74 Å². The minimum Gasteiger partial charge on any atom is -0.473 e. The van der Waals surface area contributed by atoms with Crippen molar-refractivity contribution in [2.75, 3.05) is 0 Å². The van der Waals surface area contributed by atoms with Gasteiger partial charge in [-0.3, -0.25) is 9.78 Å². The van der Waals surface area contributed by atoms with Gasteiger partial charge in [-0.25, -0.2) is 13.4 Å². The number of alkyl halides is 2. The third-order valence-corrected chi connectivity index (χ3v) is 5.95. The SMILES string of the molecule is O=C(NC1CCC(Oc2cnccn2)CC1)c1ccccc1S(=O)(=O)C(F)F. The number of amides is 1. The van der Waals surface area contributed by atoms with Gasteiger partial charge < -0.3 is 10.1 Å². The van der Waals surface area contributed by atoms with Gasteiger partial charge in [0.2, 0.25) is 15.7 Å². The van der Waals surface area contributed by atoms with Crippen molar-refractivity contribution in [1.82, 2.24) is 15.3 Å². The van der Waals surface area contributed by atoms with E-state index in [1.807, 2.05) is 0 Å². The summed E-state index contributed by atoms with van der Waals surface area (Å²) in [5.74, 6) is -3.84. The first-order chi connectivity index (χ1) is 13.4. The second-order valence-electron chi connectivity index (χ2n) is 6.41. The lowest BCUT2D eigenvalue weighted by Gasteiger charge is -2.29. The fraction of sp³-hybridized carbons (Fsp3) is 0.389. The predicted molar refractivity (Wildman–Crippen MR) is 95.8 cm³/mol. The fourth-order valence-electron chi connectivity index (χ4n) is 3.10. The molecule has 7 nitrogen and oxygen atoms in total. The number of hydrogen-bond donors (Lipinski definition) is 1. The van der Waals surface area contributed by atoms with Crippen molar-refractivity contribution in [3.8, 4) is 5.88 Å². The average Bonchev–Trinajstić information content (AvgIpc) is 2.70. The normalized spacial score (nSPS) is 20.0. The molecule has 1 amide bonds. The van der Waals surface area contributed by atoms with E-state index in [1.165, 1.54) is 30.6 Å². The van der Waals surface area contributed by atoms with Gasteiger partial charge >= 0.3 is 5.76 Å². The number of ether oxygens (including phenoxy) is 1. The first-order valence-corrected chi connectivity index (χ1v) is 10.3. The molecular formula is C18H19F2N3O4S. The largest absolute Gasteiger partial charge is 0.473 e. The smallest absolute Gasteiger partial charge is 0.341 e. The van der Waals surface area contributed by atoms with E-state index in [2.05, 4.69) is 15.3 Å². The van der Waals surface area contributed by atoms with E-state index >= 15 is 0 Å². The second-order valence-corrected chi connectivity index (χ2v) is 8.30. The number of halogens is 2. The zero-order valence-corrected chi connectivity index (χ0v) is 15.6. The second kappa shape index (κ2) is 8.59. The number of nitrogens with zero attached hydrogens (tertiary/aromatic N) is 2. The number of sulfone groups is 1. The molecule has 10 heteroatoms. The summed E-state index contributed by atoms with van der Waals surface area (Å²) in [7, 11) is -4.86. The zero-order valence-electron chi connectivity index (χ0n) is 14.8. The van der Waals surface area contributed by atoms with Gasteiger partial charge in [-0.2, -0.15) is 8.78 Å². The van der Waals surface area contributed by atoms with Crippen molar-refractivity contribution in [1.29, 1.82) is 0 Å². The van der Waals surface area contributed by atoms with Gasteiger partial charge in [0.1, 0.15) is 6.10 Å². The van der Waals surface area contributed by atoms with E-state index in [0.29, 0.717) is 31.6 Å². The van der Waals surface area contributed by atoms with E-state index in [0.717, 1.165) is 6.07 Å². The minimum absolute atomic E-state index is 0.0589. The van der Waals surface area contributed by atoms with Gasteiger partial charge in [0, 0.05) is 18.4 Å². The van der Waals surface area contributed by atoms with Crippen LogP contribution in [-0.4, -0.2) is 42.2 Å². The topological polar surface area (TPSA) is 98.2 Å². The summed E-state index contributed by atoms with van der Waals surface area (Å²) in [6, 6.07) is 4.79.